The Morgan fingerprint density at radius 2 is 1.95 bits per heavy atom. The number of rotatable bonds is 5. The topological polar surface area (TPSA) is 12.0 Å². The Labute approximate surface area is 123 Å². The van der Waals surface area contributed by atoms with Gasteiger partial charge in [-0.15, -0.1) is 0 Å². The van der Waals surface area contributed by atoms with Crippen LogP contribution in [0.4, 0.5) is 0 Å². The second kappa shape index (κ2) is 5.73. The van der Waals surface area contributed by atoms with Crippen molar-refractivity contribution in [1.29, 1.82) is 0 Å². The summed E-state index contributed by atoms with van der Waals surface area (Å²) < 4.78 is 0. The zero-order valence-corrected chi connectivity index (χ0v) is 13.0. The highest BCUT2D eigenvalue weighted by Crippen LogP contribution is 2.44. The van der Waals surface area contributed by atoms with E-state index in [0.29, 0.717) is 12.1 Å². The summed E-state index contributed by atoms with van der Waals surface area (Å²) in [6, 6.07) is 9.94. The van der Waals surface area contributed by atoms with Crippen molar-refractivity contribution in [2.75, 3.05) is 0 Å². The molecule has 3 rings (SSSR count). The van der Waals surface area contributed by atoms with Gasteiger partial charge in [-0.05, 0) is 68.9 Å². The minimum absolute atomic E-state index is 0.550. The Balaban J connectivity index is 1.55. The molecule has 2 aliphatic carbocycles. The van der Waals surface area contributed by atoms with Gasteiger partial charge in [-0.1, -0.05) is 36.4 Å². The molecule has 0 radical (unpaired) electrons. The van der Waals surface area contributed by atoms with Gasteiger partial charge in [-0.2, -0.15) is 0 Å². The van der Waals surface area contributed by atoms with Crippen molar-refractivity contribution in [3.63, 3.8) is 0 Å². The molecule has 5 atom stereocenters. The highest BCUT2D eigenvalue weighted by Gasteiger charge is 2.38. The third kappa shape index (κ3) is 2.83. The molecule has 0 aliphatic heterocycles. The van der Waals surface area contributed by atoms with E-state index in [1.807, 2.05) is 0 Å². The van der Waals surface area contributed by atoms with Gasteiger partial charge in [0.05, 0.1) is 0 Å². The van der Waals surface area contributed by atoms with Crippen molar-refractivity contribution in [3.05, 3.63) is 47.5 Å². The number of aryl methyl sites for hydroxylation is 1. The van der Waals surface area contributed by atoms with Crippen molar-refractivity contribution >= 4 is 0 Å². The maximum atomic E-state index is 3.85. The summed E-state index contributed by atoms with van der Waals surface area (Å²) in [5, 5.41) is 3.85. The van der Waals surface area contributed by atoms with Crippen molar-refractivity contribution in [3.8, 4) is 0 Å². The maximum absolute atomic E-state index is 3.85. The molecule has 0 saturated heterocycles. The second-order valence-corrected chi connectivity index (χ2v) is 6.93. The van der Waals surface area contributed by atoms with Crippen LogP contribution in [0.2, 0.25) is 0 Å². The summed E-state index contributed by atoms with van der Waals surface area (Å²) in [5.74, 6) is 2.57. The minimum Gasteiger partial charge on any atom is -0.311 e. The van der Waals surface area contributed by atoms with E-state index in [4.69, 9.17) is 0 Å². The predicted molar refractivity (Wildman–Crippen MR) is 85.8 cm³/mol. The third-order valence-corrected chi connectivity index (χ3v) is 5.31. The lowest BCUT2D eigenvalue weighted by Gasteiger charge is -2.29. The molecule has 1 N–H and O–H groups in total. The Bertz CT molecular complexity index is 490. The molecule has 20 heavy (non-hydrogen) atoms. The number of benzene rings is 1. The molecule has 1 saturated carbocycles. The fraction of sp³-hybridized carbons (Fsp3) is 0.579. The highest BCUT2D eigenvalue weighted by molar-refractivity contribution is 5.26. The van der Waals surface area contributed by atoms with Crippen LogP contribution in [0.3, 0.4) is 0 Å². The Morgan fingerprint density at radius 1 is 1.15 bits per heavy atom. The average Bonchev–Trinajstić information content (AvgIpc) is 3.03. The molecular formula is C19H27N. The Morgan fingerprint density at radius 3 is 2.60 bits per heavy atom. The SMILES string of the molecule is Cc1ccccc1CC(C)NC(C)C1CC2C=CC1C2. The summed E-state index contributed by atoms with van der Waals surface area (Å²) in [6.45, 7) is 6.92. The van der Waals surface area contributed by atoms with Crippen molar-refractivity contribution < 1.29 is 0 Å². The number of hydrogen-bond donors (Lipinski definition) is 1. The van der Waals surface area contributed by atoms with Gasteiger partial charge in [0.25, 0.3) is 0 Å². The molecule has 108 valence electrons. The largest absolute Gasteiger partial charge is 0.311 e. The lowest BCUT2D eigenvalue weighted by Crippen LogP contribution is -2.41. The lowest BCUT2D eigenvalue weighted by molar-refractivity contribution is 0.304. The van der Waals surface area contributed by atoms with Crippen LogP contribution in [-0.4, -0.2) is 12.1 Å². The molecular weight excluding hydrogens is 242 g/mol. The quantitative estimate of drug-likeness (QED) is 0.793. The van der Waals surface area contributed by atoms with Crippen molar-refractivity contribution in [2.45, 2.75) is 52.1 Å². The molecule has 1 aromatic rings. The zero-order chi connectivity index (χ0) is 14.1. The summed E-state index contributed by atoms with van der Waals surface area (Å²) in [4.78, 5) is 0. The first-order chi connectivity index (χ1) is 9.63. The van der Waals surface area contributed by atoms with Crippen LogP contribution in [0.25, 0.3) is 0 Å². The predicted octanol–water partition coefficient (Wildman–Crippen LogP) is 4.12. The van der Waals surface area contributed by atoms with E-state index in [2.05, 4.69) is 62.5 Å². The summed E-state index contributed by atoms with van der Waals surface area (Å²) in [5.41, 5.74) is 2.89. The normalized spacial score (nSPS) is 30.6. The van der Waals surface area contributed by atoms with Gasteiger partial charge in [-0.25, -0.2) is 0 Å². The zero-order valence-electron chi connectivity index (χ0n) is 13.0. The average molecular weight is 269 g/mol. The van der Waals surface area contributed by atoms with Crippen molar-refractivity contribution in [1.82, 2.24) is 5.32 Å². The first-order valence-electron chi connectivity index (χ1n) is 8.12. The van der Waals surface area contributed by atoms with Gasteiger partial charge in [0.15, 0.2) is 0 Å². The number of hydrogen-bond acceptors (Lipinski definition) is 1. The van der Waals surface area contributed by atoms with Crippen LogP contribution in [0.1, 0.15) is 37.8 Å². The molecule has 2 bridgehead atoms. The molecule has 1 nitrogen and oxygen atoms in total. The molecule has 1 fully saturated rings. The van der Waals surface area contributed by atoms with Gasteiger partial charge in [0.2, 0.25) is 0 Å². The van der Waals surface area contributed by atoms with E-state index in [9.17, 15) is 0 Å². The van der Waals surface area contributed by atoms with Crippen LogP contribution in [0, 0.1) is 24.7 Å². The summed E-state index contributed by atoms with van der Waals surface area (Å²) in [6.07, 6.45) is 8.83. The molecule has 0 spiro atoms. The summed E-state index contributed by atoms with van der Waals surface area (Å²) in [7, 11) is 0. The van der Waals surface area contributed by atoms with E-state index in [1.54, 1.807) is 0 Å². The van der Waals surface area contributed by atoms with E-state index >= 15 is 0 Å². The lowest BCUT2D eigenvalue weighted by atomic mass is 9.87. The van der Waals surface area contributed by atoms with E-state index in [1.165, 1.54) is 24.0 Å². The number of allylic oxidation sites excluding steroid dienone is 2. The maximum Gasteiger partial charge on any atom is 0.00818 e. The Kier molecular flexibility index (Phi) is 3.98. The smallest absolute Gasteiger partial charge is 0.00818 e. The van der Waals surface area contributed by atoms with Gasteiger partial charge in [-0.3, -0.25) is 0 Å². The fourth-order valence-corrected chi connectivity index (χ4v) is 4.20. The van der Waals surface area contributed by atoms with Crippen LogP contribution < -0.4 is 5.32 Å². The molecule has 1 aromatic carbocycles. The Hall–Kier alpha value is -1.08. The highest BCUT2D eigenvalue weighted by atomic mass is 14.9. The fourth-order valence-electron chi connectivity index (χ4n) is 4.20. The molecule has 2 aliphatic rings. The molecule has 0 amide bonds. The van der Waals surface area contributed by atoms with Crippen molar-refractivity contribution in [2.24, 2.45) is 17.8 Å². The van der Waals surface area contributed by atoms with Crippen LogP contribution in [-0.2, 0) is 6.42 Å². The standard InChI is InChI=1S/C19H27N/c1-13-6-4-5-7-17(13)10-14(2)20-15(3)19-12-16-8-9-18(19)11-16/h4-9,14-16,18-20H,10-12H2,1-3H3. The monoisotopic (exact) mass is 269 g/mol. The van der Waals surface area contributed by atoms with Gasteiger partial charge in [0.1, 0.15) is 0 Å². The number of nitrogens with one attached hydrogen (secondary N) is 1. The minimum atomic E-state index is 0.550. The van der Waals surface area contributed by atoms with E-state index in [-0.39, 0.29) is 0 Å². The van der Waals surface area contributed by atoms with Crippen LogP contribution >= 0.6 is 0 Å². The van der Waals surface area contributed by atoms with Crippen LogP contribution in [0.5, 0.6) is 0 Å². The van der Waals surface area contributed by atoms with E-state index < -0.39 is 0 Å². The van der Waals surface area contributed by atoms with Crippen LogP contribution in [0.15, 0.2) is 36.4 Å². The number of fused-ring (bicyclic) bond motifs is 2. The van der Waals surface area contributed by atoms with E-state index in [0.717, 1.165) is 24.2 Å². The third-order valence-electron chi connectivity index (χ3n) is 5.31. The first kappa shape index (κ1) is 13.9. The summed E-state index contributed by atoms with van der Waals surface area (Å²) >= 11 is 0. The second-order valence-electron chi connectivity index (χ2n) is 6.93. The molecule has 5 unspecified atom stereocenters. The van der Waals surface area contributed by atoms with Gasteiger partial charge in [0, 0.05) is 12.1 Å². The molecule has 0 heterocycles. The molecule has 0 aromatic heterocycles. The van der Waals surface area contributed by atoms with Gasteiger partial charge < -0.3 is 5.32 Å². The molecule has 1 heteroatoms. The first-order valence-corrected chi connectivity index (χ1v) is 8.12. The van der Waals surface area contributed by atoms with Gasteiger partial charge >= 0.3 is 0 Å².